The van der Waals surface area contributed by atoms with E-state index in [0.29, 0.717) is 30.4 Å². The molecule has 0 bridgehead atoms. The Morgan fingerprint density at radius 2 is 1.89 bits per heavy atom. The molecular formula is C14H22N2O2S. The summed E-state index contributed by atoms with van der Waals surface area (Å²) in [4.78, 5) is 0.394. The summed E-state index contributed by atoms with van der Waals surface area (Å²) in [6, 6.07) is 7.46. The Hall–Kier alpha value is -0.910. The molecule has 1 N–H and O–H groups in total. The molecule has 5 heteroatoms. The van der Waals surface area contributed by atoms with Crippen molar-refractivity contribution in [3.63, 3.8) is 0 Å². The lowest BCUT2D eigenvalue weighted by molar-refractivity contribution is 0.310. The number of nitrogens with one attached hydrogen (secondary N) is 1. The molecule has 0 saturated carbocycles. The average molecular weight is 282 g/mol. The third-order valence-corrected chi connectivity index (χ3v) is 5.40. The minimum atomic E-state index is -3.34. The van der Waals surface area contributed by atoms with E-state index in [0.717, 1.165) is 5.56 Å². The van der Waals surface area contributed by atoms with Gasteiger partial charge in [-0.05, 0) is 30.5 Å². The van der Waals surface area contributed by atoms with Gasteiger partial charge in [0.2, 0.25) is 10.0 Å². The monoisotopic (exact) mass is 282 g/mol. The molecule has 0 aliphatic carbocycles. The van der Waals surface area contributed by atoms with E-state index in [4.69, 9.17) is 0 Å². The molecule has 0 amide bonds. The molecule has 0 spiro atoms. The van der Waals surface area contributed by atoms with Crippen LogP contribution >= 0.6 is 0 Å². The Bertz CT molecular complexity index is 523. The topological polar surface area (TPSA) is 49.4 Å². The fourth-order valence-electron chi connectivity index (χ4n) is 2.29. The van der Waals surface area contributed by atoms with Crippen molar-refractivity contribution in [2.45, 2.75) is 37.6 Å². The summed E-state index contributed by atoms with van der Waals surface area (Å²) in [5.74, 6) is 0.413. The first kappa shape index (κ1) is 14.5. The molecular weight excluding hydrogens is 260 g/mol. The second-order valence-electron chi connectivity index (χ2n) is 5.44. The van der Waals surface area contributed by atoms with Crippen LogP contribution in [-0.4, -0.2) is 38.4 Å². The van der Waals surface area contributed by atoms with Gasteiger partial charge in [0.25, 0.3) is 0 Å². The third kappa shape index (κ3) is 3.16. The van der Waals surface area contributed by atoms with Gasteiger partial charge in [-0.3, -0.25) is 0 Å². The lowest BCUT2D eigenvalue weighted by atomic mass is 10.0. The van der Waals surface area contributed by atoms with Gasteiger partial charge in [0.05, 0.1) is 4.90 Å². The highest BCUT2D eigenvalue weighted by Gasteiger charge is 2.28. The SMILES string of the molecule is CC(C)c1ccc(S(=O)(=O)N2CCN[C@@H](C)C2)cc1. The van der Waals surface area contributed by atoms with Gasteiger partial charge in [-0.25, -0.2) is 8.42 Å². The zero-order valence-corrected chi connectivity index (χ0v) is 12.6. The minimum absolute atomic E-state index is 0.207. The Kier molecular flexibility index (Phi) is 4.28. The van der Waals surface area contributed by atoms with Crippen LogP contribution in [0.2, 0.25) is 0 Å². The highest BCUT2D eigenvalue weighted by Crippen LogP contribution is 2.20. The first-order chi connectivity index (χ1) is 8.91. The minimum Gasteiger partial charge on any atom is -0.312 e. The van der Waals surface area contributed by atoms with Crippen LogP contribution in [-0.2, 0) is 10.0 Å². The van der Waals surface area contributed by atoms with Crippen molar-refractivity contribution in [2.24, 2.45) is 0 Å². The van der Waals surface area contributed by atoms with Crippen molar-refractivity contribution in [3.8, 4) is 0 Å². The highest BCUT2D eigenvalue weighted by atomic mass is 32.2. The number of benzene rings is 1. The maximum Gasteiger partial charge on any atom is 0.243 e. The second kappa shape index (κ2) is 5.61. The predicted octanol–water partition coefficient (Wildman–Crippen LogP) is 1.79. The predicted molar refractivity (Wildman–Crippen MR) is 76.8 cm³/mol. The Morgan fingerprint density at radius 3 is 2.42 bits per heavy atom. The summed E-state index contributed by atoms with van der Waals surface area (Å²) in [6.45, 7) is 7.99. The standard InChI is InChI=1S/C14H22N2O2S/c1-11(2)13-4-6-14(7-5-13)19(17,18)16-9-8-15-12(3)10-16/h4-7,11-12,15H,8-10H2,1-3H3/t12-/m0/s1. The van der Waals surface area contributed by atoms with Crippen molar-refractivity contribution >= 4 is 10.0 Å². The van der Waals surface area contributed by atoms with Crippen LogP contribution in [0.1, 0.15) is 32.3 Å². The largest absolute Gasteiger partial charge is 0.312 e. The van der Waals surface area contributed by atoms with E-state index in [-0.39, 0.29) is 6.04 Å². The summed E-state index contributed by atoms with van der Waals surface area (Å²) >= 11 is 0. The molecule has 0 radical (unpaired) electrons. The summed E-state index contributed by atoms with van der Waals surface area (Å²) in [7, 11) is -3.34. The lowest BCUT2D eigenvalue weighted by Crippen LogP contribution is -2.51. The van der Waals surface area contributed by atoms with E-state index in [2.05, 4.69) is 19.2 Å². The van der Waals surface area contributed by atoms with Gasteiger partial charge < -0.3 is 5.32 Å². The van der Waals surface area contributed by atoms with E-state index in [1.807, 2.05) is 19.1 Å². The third-order valence-electron chi connectivity index (χ3n) is 3.52. The number of rotatable bonds is 3. The first-order valence-corrected chi connectivity index (χ1v) is 8.19. The fraction of sp³-hybridized carbons (Fsp3) is 0.571. The molecule has 1 atom stereocenters. The molecule has 1 aliphatic heterocycles. The Balaban J connectivity index is 2.23. The molecule has 0 unspecified atom stereocenters. The Labute approximate surface area is 115 Å². The number of sulfonamides is 1. The summed E-state index contributed by atoms with van der Waals surface area (Å²) < 4.78 is 26.6. The van der Waals surface area contributed by atoms with E-state index < -0.39 is 10.0 Å². The van der Waals surface area contributed by atoms with Gasteiger partial charge in [0, 0.05) is 25.7 Å². The van der Waals surface area contributed by atoms with Gasteiger partial charge in [-0.1, -0.05) is 26.0 Å². The normalized spacial score (nSPS) is 21.8. The van der Waals surface area contributed by atoms with Crippen LogP contribution in [0, 0.1) is 0 Å². The smallest absolute Gasteiger partial charge is 0.243 e. The zero-order chi connectivity index (χ0) is 14.0. The van der Waals surface area contributed by atoms with Gasteiger partial charge in [0.15, 0.2) is 0 Å². The molecule has 1 heterocycles. The van der Waals surface area contributed by atoms with Crippen LogP contribution in [0.25, 0.3) is 0 Å². The molecule has 1 aromatic carbocycles. The lowest BCUT2D eigenvalue weighted by Gasteiger charge is -2.31. The van der Waals surface area contributed by atoms with Gasteiger partial charge >= 0.3 is 0 Å². The molecule has 0 aromatic heterocycles. The van der Waals surface area contributed by atoms with E-state index in [1.54, 1.807) is 16.4 Å². The van der Waals surface area contributed by atoms with Crippen LogP contribution < -0.4 is 5.32 Å². The van der Waals surface area contributed by atoms with E-state index >= 15 is 0 Å². The number of hydrogen-bond donors (Lipinski definition) is 1. The van der Waals surface area contributed by atoms with Gasteiger partial charge in [0.1, 0.15) is 0 Å². The number of nitrogens with zero attached hydrogens (tertiary/aromatic N) is 1. The fourth-order valence-corrected chi connectivity index (χ4v) is 3.82. The molecule has 1 saturated heterocycles. The van der Waals surface area contributed by atoms with Crippen LogP contribution in [0.5, 0.6) is 0 Å². The van der Waals surface area contributed by atoms with Crippen molar-refractivity contribution in [1.82, 2.24) is 9.62 Å². The number of hydrogen-bond acceptors (Lipinski definition) is 3. The van der Waals surface area contributed by atoms with Gasteiger partial charge in [-0.2, -0.15) is 4.31 Å². The molecule has 4 nitrogen and oxygen atoms in total. The van der Waals surface area contributed by atoms with Crippen molar-refractivity contribution in [3.05, 3.63) is 29.8 Å². The highest BCUT2D eigenvalue weighted by molar-refractivity contribution is 7.89. The van der Waals surface area contributed by atoms with Gasteiger partial charge in [-0.15, -0.1) is 0 Å². The quantitative estimate of drug-likeness (QED) is 0.919. The summed E-state index contributed by atoms with van der Waals surface area (Å²) in [5, 5.41) is 3.25. The maximum absolute atomic E-state index is 12.5. The van der Waals surface area contributed by atoms with Crippen molar-refractivity contribution in [2.75, 3.05) is 19.6 Å². The average Bonchev–Trinajstić information content (AvgIpc) is 2.39. The first-order valence-electron chi connectivity index (χ1n) is 6.75. The van der Waals surface area contributed by atoms with Crippen LogP contribution in [0.15, 0.2) is 29.2 Å². The van der Waals surface area contributed by atoms with Crippen LogP contribution in [0.4, 0.5) is 0 Å². The van der Waals surface area contributed by atoms with Crippen LogP contribution in [0.3, 0.4) is 0 Å². The summed E-state index contributed by atoms with van der Waals surface area (Å²) in [6.07, 6.45) is 0. The van der Waals surface area contributed by atoms with E-state index in [1.165, 1.54) is 0 Å². The van der Waals surface area contributed by atoms with Crippen molar-refractivity contribution < 1.29 is 8.42 Å². The molecule has 106 valence electrons. The molecule has 19 heavy (non-hydrogen) atoms. The van der Waals surface area contributed by atoms with E-state index in [9.17, 15) is 8.42 Å². The molecule has 2 rings (SSSR count). The van der Waals surface area contributed by atoms with Crippen molar-refractivity contribution in [1.29, 1.82) is 0 Å². The summed E-state index contributed by atoms with van der Waals surface area (Å²) in [5.41, 5.74) is 1.16. The zero-order valence-electron chi connectivity index (χ0n) is 11.8. The molecule has 1 aromatic rings. The molecule has 1 fully saturated rings. The Morgan fingerprint density at radius 1 is 1.26 bits per heavy atom. The number of piperazine rings is 1. The second-order valence-corrected chi connectivity index (χ2v) is 7.38. The molecule has 1 aliphatic rings. The maximum atomic E-state index is 12.5.